The highest BCUT2D eigenvalue weighted by atomic mass is 32.1. The number of carbonyl (C=O) groups excluding carboxylic acids is 2. The normalized spacial score (nSPS) is 14.3. The van der Waals surface area contributed by atoms with Crippen LogP contribution in [0, 0.1) is 12.3 Å². The first-order chi connectivity index (χ1) is 13.5. The lowest BCUT2D eigenvalue weighted by Gasteiger charge is -2.14. The number of aromatic nitrogens is 1. The molecule has 2 heterocycles. The number of hydrogen-bond acceptors (Lipinski definition) is 5. The van der Waals surface area contributed by atoms with Crippen molar-refractivity contribution in [2.24, 2.45) is 5.41 Å². The topological polar surface area (TPSA) is 68.2 Å². The van der Waals surface area contributed by atoms with Gasteiger partial charge >= 0.3 is 0 Å². The van der Waals surface area contributed by atoms with Crippen molar-refractivity contribution in [2.75, 3.05) is 0 Å². The van der Waals surface area contributed by atoms with Crippen LogP contribution >= 0.6 is 22.7 Å². The first-order valence-electron chi connectivity index (χ1n) is 9.84. The molecule has 29 heavy (non-hydrogen) atoms. The summed E-state index contributed by atoms with van der Waals surface area (Å²) in [5.74, 6) is -0.298. The van der Waals surface area contributed by atoms with E-state index in [1.165, 1.54) is 22.0 Å². The second kappa shape index (κ2) is 9.67. The molecule has 2 aromatic heterocycles. The van der Waals surface area contributed by atoms with Gasteiger partial charge in [-0.25, -0.2) is 0 Å². The van der Waals surface area contributed by atoms with E-state index in [1.807, 2.05) is 52.8 Å². The van der Waals surface area contributed by atoms with E-state index in [1.54, 1.807) is 11.3 Å². The highest BCUT2D eigenvalue weighted by molar-refractivity contribution is 7.13. The van der Waals surface area contributed by atoms with Gasteiger partial charge < -0.3 is 5.32 Å². The summed E-state index contributed by atoms with van der Waals surface area (Å²) >= 11 is 2.85. The van der Waals surface area contributed by atoms with E-state index >= 15 is 0 Å². The third kappa shape index (κ3) is 6.51. The molecule has 0 aliphatic carbocycles. The number of thiazole rings is 1. The molecular weight excluding hydrogens is 404 g/mol. The van der Waals surface area contributed by atoms with Crippen LogP contribution in [0.3, 0.4) is 0 Å². The number of nitrogens with zero attached hydrogens (tertiary/aromatic N) is 1. The van der Waals surface area contributed by atoms with Crippen LogP contribution in [0.15, 0.2) is 16.9 Å². The van der Waals surface area contributed by atoms with Gasteiger partial charge in [0.05, 0.1) is 4.53 Å². The van der Waals surface area contributed by atoms with E-state index in [4.69, 9.17) is 0 Å². The standard InChI is InChI=1S/C22H30N2O3S2/c1-7-8-14(2)23-19(26)13-24-20(12-18(25)22(4,5)6)29-17(21(24)27)11-16-10-9-15(3)28-16/h9-12,14H,7-8,13H2,1-6H3,(H,23,26)/b17-11+,20-12-/t14-/m1/s1. The molecule has 0 fully saturated rings. The summed E-state index contributed by atoms with van der Waals surface area (Å²) in [4.78, 5) is 40.2. The van der Waals surface area contributed by atoms with Gasteiger partial charge in [-0.05, 0) is 38.5 Å². The highest BCUT2D eigenvalue weighted by Gasteiger charge is 2.20. The average Bonchev–Trinajstić information content (AvgIpc) is 3.13. The Morgan fingerprint density at radius 2 is 1.93 bits per heavy atom. The van der Waals surface area contributed by atoms with Gasteiger partial charge in [0.15, 0.2) is 5.78 Å². The molecule has 0 spiro atoms. The Hall–Kier alpha value is -1.99. The maximum Gasteiger partial charge on any atom is 0.269 e. The number of aryl methyl sites for hydroxylation is 1. The molecule has 7 heteroatoms. The second-order valence-corrected chi connectivity index (χ2v) is 10.7. The number of amides is 1. The minimum Gasteiger partial charge on any atom is -0.352 e. The lowest BCUT2D eigenvalue weighted by molar-refractivity contribution is -0.122. The molecule has 1 amide bonds. The zero-order valence-corrected chi connectivity index (χ0v) is 19.6. The molecule has 0 aromatic carbocycles. The molecule has 0 saturated heterocycles. The van der Waals surface area contributed by atoms with E-state index in [9.17, 15) is 14.4 Å². The number of hydrogen-bond donors (Lipinski definition) is 1. The zero-order valence-electron chi connectivity index (χ0n) is 18.0. The molecule has 0 saturated carbocycles. The number of carbonyl (C=O) groups is 2. The van der Waals surface area contributed by atoms with Crippen LogP contribution in [-0.4, -0.2) is 22.3 Å². The average molecular weight is 435 g/mol. The van der Waals surface area contributed by atoms with Crippen molar-refractivity contribution in [3.05, 3.63) is 41.4 Å². The molecule has 0 aliphatic heterocycles. The SMILES string of the molecule is CCC[C@@H](C)NC(=O)Cn1c(=O)/c(=C\c2ccc(C)s2)s/c1=C\C(=O)C(C)(C)C. The summed E-state index contributed by atoms with van der Waals surface area (Å²) in [6, 6.07) is 4.01. The molecule has 1 atom stereocenters. The van der Waals surface area contributed by atoms with Gasteiger partial charge in [0, 0.05) is 27.3 Å². The molecule has 5 nitrogen and oxygen atoms in total. The molecular formula is C22H30N2O3S2. The Balaban J connectivity index is 2.51. The lowest BCUT2D eigenvalue weighted by Crippen LogP contribution is -2.41. The first-order valence-corrected chi connectivity index (χ1v) is 11.5. The number of thiophene rings is 1. The molecule has 0 aliphatic rings. The fourth-order valence-corrected chi connectivity index (χ4v) is 4.68. The van der Waals surface area contributed by atoms with Crippen molar-refractivity contribution >= 4 is 46.5 Å². The van der Waals surface area contributed by atoms with Crippen LogP contribution in [0.4, 0.5) is 0 Å². The van der Waals surface area contributed by atoms with Crippen LogP contribution in [-0.2, 0) is 16.1 Å². The lowest BCUT2D eigenvalue weighted by atomic mass is 9.91. The molecule has 2 aromatic rings. The smallest absolute Gasteiger partial charge is 0.269 e. The van der Waals surface area contributed by atoms with Gasteiger partial charge in [0.1, 0.15) is 11.2 Å². The molecule has 158 valence electrons. The van der Waals surface area contributed by atoms with Crippen molar-refractivity contribution in [3.63, 3.8) is 0 Å². The third-order valence-corrected chi connectivity index (χ3v) is 6.40. The second-order valence-electron chi connectivity index (χ2n) is 8.30. The number of Topliss-reactive ketones (excluding diaryl/α,β-unsaturated/α-hetero) is 1. The van der Waals surface area contributed by atoms with Crippen molar-refractivity contribution < 1.29 is 9.59 Å². The number of rotatable bonds is 7. The van der Waals surface area contributed by atoms with Crippen LogP contribution in [0.25, 0.3) is 12.2 Å². The van der Waals surface area contributed by atoms with Crippen LogP contribution in [0.2, 0.25) is 0 Å². The predicted octanol–water partition coefficient (Wildman–Crippen LogP) is 2.81. The van der Waals surface area contributed by atoms with E-state index < -0.39 is 5.41 Å². The largest absolute Gasteiger partial charge is 0.352 e. The minimum atomic E-state index is -0.558. The fourth-order valence-electron chi connectivity index (χ4n) is 2.75. The summed E-state index contributed by atoms with van der Waals surface area (Å²) in [6.07, 6.45) is 5.17. The summed E-state index contributed by atoms with van der Waals surface area (Å²) in [7, 11) is 0. The molecule has 0 bridgehead atoms. The number of nitrogens with one attached hydrogen (secondary N) is 1. The van der Waals surface area contributed by atoms with E-state index in [-0.39, 0.29) is 29.8 Å². The number of ketones is 1. The van der Waals surface area contributed by atoms with Crippen LogP contribution in [0.5, 0.6) is 0 Å². The Morgan fingerprint density at radius 3 is 2.48 bits per heavy atom. The van der Waals surface area contributed by atoms with Crippen LogP contribution in [0.1, 0.15) is 57.2 Å². The van der Waals surface area contributed by atoms with E-state index in [0.29, 0.717) is 9.20 Å². The van der Waals surface area contributed by atoms with Gasteiger partial charge in [-0.3, -0.25) is 19.0 Å². The van der Waals surface area contributed by atoms with Crippen molar-refractivity contribution in [1.29, 1.82) is 0 Å². The first kappa shape index (κ1) is 23.3. The van der Waals surface area contributed by atoms with Gasteiger partial charge in [0.25, 0.3) is 5.56 Å². The zero-order chi connectivity index (χ0) is 21.8. The highest BCUT2D eigenvalue weighted by Crippen LogP contribution is 2.16. The summed E-state index contributed by atoms with van der Waals surface area (Å²) < 4.78 is 2.44. The third-order valence-electron chi connectivity index (χ3n) is 4.40. The van der Waals surface area contributed by atoms with E-state index in [0.717, 1.165) is 22.6 Å². The Bertz CT molecular complexity index is 1050. The molecule has 0 unspecified atom stereocenters. The summed E-state index contributed by atoms with van der Waals surface area (Å²) in [5, 5.41) is 2.93. The Morgan fingerprint density at radius 1 is 1.24 bits per heavy atom. The van der Waals surface area contributed by atoms with Crippen molar-refractivity contribution in [3.8, 4) is 0 Å². The van der Waals surface area contributed by atoms with Gasteiger partial charge in [-0.1, -0.05) is 34.1 Å². The van der Waals surface area contributed by atoms with Crippen molar-refractivity contribution in [1.82, 2.24) is 9.88 Å². The fraction of sp³-hybridized carbons (Fsp3) is 0.500. The molecule has 0 radical (unpaired) electrons. The monoisotopic (exact) mass is 434 g/mol. The predicted molar refractivity (Wildman–Crippen MR) is 122 cm³/mol. The molecule has 1 N–H and O–H groups in total. The van der Waals surface area contributed by atoms with Gasteiger partial charge in [-0.15, -0.1) is 22.7 Å². The quantitative estimate of drug-likeness (QED) is 0.729. The summed E-state index contributed by atoms with van der Waals surface area (Å²) in [5.41, 5.74) is -0.801. The maximum atomic E-state index is 13.0. The van der Waals surface area contributed by atoms with Crippen molar-refractivity contribution in [2.45, 2.75) is 67.0 Å². The van der Waals surface area contributed by atoms with Crippen LogP contribution < -0.4 is 20.1 Å². The summed E-state index contributed by atoms with van der Waals surface area (Å²) in [6.45, 7) is 11.4. The van der Waals surface area contributed by atoms with Gasteiger partial charge in [0.2, 0.25) is 5.91 Å². The Labute approximate surface area is 179 Å². The van der Waals surface area contributed by atoms with Gasteiger partial charge in [-0.2, -0.15) is 0 Å². The minimum absolute atomic E-state index is 0.0469. The Kier molecular flexibility index (Phi) is 7.77. The molecule has 2 rings (SSSR count). The maximum absolute atomic E-state index is 13.0. The van der Waals surface area contributed by atoms with E-state index in [2.05, 4.69) is 12.2 Å².